The molecule has 0 aromatic heterocycles. The minimum Gasteiger partial charge on any atom is -0.507 e. The van der Waals surface area contributed by atoms with Gasteiger partial charge in [0.25, 0.3) is 11.1 Å². The number of rotatable bonds is 6. The normalized spacial score (nSPS) is 14.9. The molecule has 0 saturated carbocycles. The molecule has 1 heterocycles. The van der Waals surface area contributed by atoms with E-state index >= 15 is 0 Å². The number of carbonyl (C=O) groups is 3. The van der Waals surface area contributed by atoms with Gasteiger partial charge < -0.3 is 10.4 Å². The quantitative estimate of drug-likeness (QED) is 0.317. The molecule has 3 amide bonds. The molecular weight excluding hydrogens is 476 g/mol. The number of aromatic hydroxyl groups is 1. The Morgan fingerprint density at radius 1 is 1.03 bits per heavy atom. The number of para-hydroxylation sites is 1. The first-order chi connectivity index (χ1) is 16.4. The molecule has 1 saturated heterocycles. The molecule has 34 heavy (non-hydrogen) atoms. The smallest absolute Gasteiger partial charge is 0.294 e. The summed E-state index contributed by atoms with van der Waals surface area (Å²) in [5.74, 6) is -1.23. The Hall–Kier alpha value is -3.95. The van der Waals surface area contributed by atoms with E-state index in [0.717, 1.165) is 4.90 Å². The molecule has 10 heteroatoms. The number of nitrogens with zero attached hydrogens (tertiary/aromatic N) is 3. The Morgan fingerprint density at radius 2 is 1.76 bits per heavy atom. The van der Waals surface area contributed by atoms with E-state index in [1.54, 1.807) is 60.7 Å². The Balaban J connectivity index is 1.49. The van der Waals surface area contributed by atoms with Crippen LogP contribution < -0.4 is 5.32 Å². The van der Waals surface area contributed by atoms with Gasteiger partial charge in [-0.3, -0.25) is 19.3 Å². The van der Waals surface area contributed by atoms with Gasteiger partial charge in [-0.1, -0.05) is 41.9 Å². The van der Waals surface area contributed by atoms with E-state index in [1.807, 2.05) is 0 Å². The van der Waals surface area contributed by atoms with Crippen LogP contribution in [-0.4, -0.2) is 33.6 Å². The number of hydrogen-bond donors (Lipinski definition) is 2. The molecule has 0 unspecified atom stereocenters. The van der Waals surface area contributed by atoms with Crippen molar-refractivity contribution in [3.63, 3.8) is 0 Å². The van der Waals surface area contributed by atoms with E-state index in [9.17, 15) is 19.5 Å². The van der Waals surface area contributed by atoms with Gasteiger partial charge in [0, 0.05) is 11.3 Å². The number of benzene rings is 3. The Bertz CT molecular complexity index is 1330. The highest BCUT2D eigenvalue weighted by atomic mass is 35.5. The summed E-state index contributed by atoms with van der Waals surface area (Å²) < 4.78 is 0. The number of phenolic OH excluding ortho intramolecular Hbond substituents is 1. The molecule has 1 fully saturated rings. The van der Waals surface area contributed by atoms with Gasteiger partial charge in [-0.25, -0.2) is 0 Å². The largest absolute Gasteiger partial charge is 0.507 e. The second-order valence-electron chi connectivity index (χ2n) is 7.08. The topological polar surface area (TPSA) is 111 Å². The van der Waals surface area contributed by atoms with Gasteiger partial charge in [-0.05, 0) is 60.3 Å². The van der Waals surface area contributed by atoms with E-state index in [1.165, 1.54) is 18.2 Å². The summed E-state index contributed by atoms with van der Waals surface area (Å²) in [6.07, 6.45) is 1.38. The molecular formula is C24H17ClN4O4S. The molecule has 0 spiro atoms. The predicted octanol–water partition coefficient (Wildman–Crippen LogP) is 6.14. The van der Waals surface area contributed by atoms with Crippen LogP contribution in [0.5, 0.6) is 5.75 Å². The zero-order valence-electron chi connectivity index (χ0n) is 17.5. The van der Waals surface area contributed by atoms with E-state index in [4.69, 9.17) is 11.6 Å². The average molecular weight is 493 g/mol. The minimum atomic E-state index is -0.624. The molecule has 3 aromatic carbocycles. The van der Waals surface area contributed by atoms with Crippen LogP contribution in [0.4, 0.5) is 21.9 Å². The molecule has 8 nitrogen and oxygen atoms in total. The number of azo groups is 1. The van der Waals surface area contributed by atoms with E-state index in [2.05, 4.69) is 15.5 Å². The minimum absolute atomic E-state index is 0.0769. The Labute approximate surface area is 204 Å². The summed E-state index contributed by atoms with van der Waals surface area (Å²) in [4.78, 5) is 38.3. The van der Waals surface area contributed by atoms with E-state index < -0.39 is 23.6 Å². The summed E-state index contributed by atoms with van der Waals surface area (Å²) >= 11 is 6.76. The van der Waals surface area contributed by atoms with Gasteiger partial charge >= 0.3 is 0 Å². The van der Waals surface area contributed by atoms with E-state index in [-0.39, 0.29) is 16.2 Å². The summed E-state index contributed by atoms with van der Waals surface area (Å²) in [5, 5.41) is 20.9. The molecule has 0 radical (unpaired) electrons. The maximum absolute atomic E-state index is 12.8. The summed E-state index contributed by atoms with van der Waals surface area (Å²) in [6.45, 7) is -0.422. The van der Waals surface area contributed by atoms with Crippen LogP contribution in [0.25, 0.3) is 6.08 Å². The van der Waals surface area contributed by atoms with E-state index in [0.29, 0.717) is 33.8 Å². The van der Waals surface area contributed by atoms with Crippen LogP contribution in [0.2, 0.25) is 5.02 Å². The fraction of sp³-hybridized carbons (Fsp3) is 0.0417. The fourth-order valence-electron chi connectivity index (χ4n) is 3.01. The van der Waals surface area contributed by atoms with Crippen molar-refractivity contribution < 1.29 is 19.5 Å². The van der Waals surface area contributed by atoms with Gasteiger partial charge in [-0.15, -0.1) is 5.11 Å². The Kier molecular flexibility index (Phi) is 7.05. The van der Waals surface area contributed by atoms with Gasteiger partial charge in [0.15, 0.2) is 0 Å². The number of hydrogen-bond acceptors (Lipinski definition) is 7. The van der Waals surface area contributed by atoms with Crippen molar-refractivity contribution in [2.24, 2.45) is 10.2 Å². The van der Waals surface area contributed by atoms with Gasteiger partial charge in [0.2, 0.25) is 5.91 Å². The molecule has 0 aliphatic carbocycles. The number of imide groups is 1. The van der Waals surface area contributed by atoms with Crippen LogP contribution >= 0.6 is 23.4 Å². The van der Waals surface area contributed by atoms with Crippen molar-refractivity contribution in [1.29, 1.82) is 0 Å². The number of anilines is 1. The SMILES string of the molecule is O=C(CN1C(=O)S/C(=C\c2cc(N=Nc3ccccc3Cl)ccc2O)C1=O)Nc1ccccc1. The highest BCUT2D eigenvalue weighted by molar-refractivity contribution is 8.18. The Morgan fingerprint density at radius 3 is 2.53 bits per heavy atom. The van der Waals surface area contributed by atoms with Crippen LogP contribution in [0, 0.1) is 0 Å². The predicted molar refractivity (Wildman–Crippen MR) is 131 cm³/mol. The second-order valence-corrected chi connectivity index (χ2v) is 8.48. The first-order valence-electron chi connectivity index (χ1n) is 10.0. The maximum Gasteiger partial charge on any atom is 0.294 e. The summed E-state index contributed by atoms with van der Waals surface area (Å²) in [5.41, 5.74) is 1.72. The third kappa shape index (κ3) is 5.51. The molecule has 1 aliphatic rings. The molecule has 0 bridgehead atoms. The van der Waals surface area contributed by atoms with Crippen LogP contribution in [-0.2, 0) is 9.59 Å². The number of phenols is 1. The third-order valence-electron chi connectivity index (χ3n) is 4.66. The van der Waals surface area contributed by atoms with Crippen molar-refractivity contribution in [3.05, 3.63) is 88.3 Å². The highest BCUT2D eigenvalue weighted by Crippen LogP contribution is 2.35. The standard InChI is InChI=1S/C24H17ClN4O4S/c25-18-8-4-5-9-19(18)28-27-17-10-11-20(30)15(12-17)13-21-23(32)29(24(33)34-21)14-22(31)26-16-6-2-1-3-7-16/h1-13,30H,14H2,(H,26,31)/b21-13-,28-27?. The lowest BCUT2D eigenvalue weighted by Crippen LogP contribution is -2.36. The zero-order valence-corrected chi connectivity index (χ0v) is 19.1. The first-order valence-corrected chi connectivity index (χ1v) is 11.2. The lowest BCUT2D eigenvalue weighted by Gasteiger charge is -2.12. The van der Waals surface area contributed by atoms with Crippen molar-refractivity contribution in [2.75, 3.05) is 11.9 Å². The van der Waals surface area contributed by atoms with Crippen LogP contribution in [0.15, 0.2) is 87.9 Å². The van der Waals surface area contributed by atoms with Crippen molar-refractivity contribution in [2.45, 2.75) is 0 Å². The monoisotopic (exact) mass is 492 g/mol. The first kappa shape index (κ1) is 23.2. The number of carbonyl (C=O) groups excluding carboxylic acids is 3. The fourth-order valence-corrected chi connectivity index (χ4v) is 4.01. The maximum atomic E-state index is 12.8. The van der Waals surface area contributed by atoms with Gasteiger partial charge in [0.1, 0.15) is 18.0 Å². The molecule has 0 atom stereocenters. The van der Waals surface area contributed by atoms with Crippen molar-refractivity contribution in [1.82, 2.24) is 4.90 Å². The molecule has 1 aliphatic heterocycles. The van der Waals surface area contributed by atoms with Gasteiger partial charge in [0.05, 0.1) is 15.6 Å². The van der Waals surface area contributed by atoms with Crippen LogP contribution in [0.3, 0.4) is 0 Å². The lowest BCUT2D eigenvalue weighted by molar-refractivity contribution is -0.127. The van der Waals surface area contributed by atoms with Crippen LogP contribution in [0.1, 0.15) is 5.56 Å². The van der Waals surface area contributed by atoms with Gasteiger partial charge in [-0.2, -0.15) is 5.11 Å². The molecule has 4 rings (SSSR count). The van der Waals surface area contributed by atoms with Crippen molar-refractivity contribution >= 4 is 63.6 Å². The third-order valence-corrected chi connectivity index (χ3v) is 5.88. The summed E-state index contributed by atoms with van der Waals surface area (Å²) in [6, 6.07) is 20.1. The molecule has 170 valence electrons. The second kappa shape index (κ2) is 10.3. The lowest BCUT2D eigenvalue weighted by atomic mass is 10.1. The number of amides is 3. The number of nitrogens with one attached hydrogen (secondary N) is 1. The summed E-state index contributed by atoms with van der Waals surface area (Å²) in [7, 11) is 0. The average Bonchev–Trinajstić information content (AvgIpc) is 3.08. The van der Waals surface area contributed by atoms with Crippen molar-refractivity contribution in [3.8, 4) is 5.75 Å². The number of halogens is 1. The zero-order chi connectivity index (χ0) is 24.1. The number of thioether (sulfide) groups is 1. The molecule has 3 aromatic rings. The molecule has 2 N–H and O–H groups in total. The highest BCUT2D eigenvalue weighted by Gasteiger charge is 2.36.